The van der Waals surface area contributed by atoms with Crippen LogP contribution in [0.3, 0.4) is 0 Å². The van der Waals surface area contributed by atoms with E-state index in [0.29, 0.717) is 23.0 Å². The van der Waals surface area contributed by atoms with Crippen LogP contribution in [0.1, 0.15) is 23.7 Å². The molecule has 0 heterocycles. The third kappa shape index (κ3) is 3.20. The van der Waals surface area contributed by atoms with Gasteiger partial charge < -0.3 is 9.47 Å². The van der Waals surface area contributed by atoms with Gasteiger partial charge >= 0.3 is 0 Å². The van der Waals surface area contributed by atoms with Gasteiger partial charge in [-0.1, -0.05) is 6.92 Å². The monoisotopic (exact) mass is 278 g/mol. The Morgan fingerprint density at radius 2 is 1.65 bits per heavy atom. The second kappa shape index (κ2) is 5.81. The second-order valence-electron chi connectivity index (χ2n) is 4.86. The van der Waals surface area contributed by atoms with E-state index in [2.05, 4.69) is 10.9 Å². The average Bonchev–Trinajstić information content (AvgIpc) is 3.20. The summed E-state index contributed by atoms with van der Waals surface area (Å²) < 4.78 is 10.2. The van der Waals surface area contributed by atoms with Crippen molar-refractivity contribution in [2.24, 2.45) is 11.8 Å². The van der Waals surface area contributed by atoms with E-state index in [1.54, 1.807) is 18.2 Å². The van der Waals surface area contributed by atoms with Crippen molar-refractivity contribution in [3.63, 3.8) is 0 Å². The quantitative estimate of drug-likeness (QED) is 0.809. The highest BCUT2D eigenvalue weighted by atomic mass is 16.5. The maximum Gasteiger partial charge on any atom is 0.269 e. The number of methoxy groups -OCH3 is 2. The Hall–Kier alpha value is -2.24. The molecule has 108 valence electrons. The second-order valence-corrected chi connectivity index (χ2v) is 4.86. The molecule has 1 fully saturated rings. The van der Waals surface area contributed by atoms with Crippen molar-refractivity contribution in [2.45, 2.75) is 13.3 Å². The predicted molar refractivity (Wildman–Crippen MR) is 72.4 cm³/mol. The summed E-state index contributed by atoms with van der Waals surface area (Å²) in [6, 6.07) is 4.81. The Kier molecular flexibility index (Phi) is 4.12. The number of hydrogen-bond acceptors (Lipinski definition) is 4. The lowest BCUT2D eigenvalue weighted by Gasteiger charge is -2.10. The zero-order chi connectivity index (χ0) is 14.7. The Morgan fingerprint density at radius 3 is 2.10 bits per heavy atom. The summed E-state index contributed by atoms with van der Waals surface area (Å²) in [6.07, 6.45) is 0.870. The van der Waals surface area contributed by atoms with Gasteiger partial charge in [0.15, 0.2) is 0 Å². The summed E-state index contributed by atoms with van der Waals surface area (Å²) in [7, 11) is 3.01. The van der Waals surface area contributed by atoms with Crippen LogP contribution in [0.2, 0.25) is 0 Å². The molecule has 0 radical (unpaired) electrons. The van der Waals surface area contributed by atoms with E-state index in [9.17, 15) is 9.59 Å². The molecule has 0 saturated heterocycles. The van der Waals surface area contributed by atoms with Crippen molar-refractivity contribution in [1.29, 1.82) is 0 Å². The molecule has 6 heteroatoms. The van der Waals surface area contributed by atoms with E-state index in [1.807, 2.05) is 6.92 Å². The van der Waals surface area contributed by atoms with Gasteiger partial charge in [0, 0.05) is 17.5 Å². The molecular weight excluding hydrogens is 260 g/mol. The first-order chi connectivity index (χ1) is 9.55. The van der Waals surface area contributed by atoms with Crippen LogP contribution >= 0.6 is 0 Å². The summed E-state index contributed by atoms with van der Waals surface area (Å²) in [5.74, 6) is 0.858. The fourth-order valence-corrected chi connectivity index (χ4v) is 1.91. The fourth-order valence-electron chi connectivity index (χ4n) is 1.91. The molecule has 0 bridgehead atoms. The number of amides is 2. The maximum atomic E-state index is 12.0. The molecule has 0 spiro atoms. The van der Waals surface area contributed by atoms with E-state index >= 15 is 0 Å². The molecule has 20 heavy (non-hydrogen) atoms. The maximum absolute atomic E-state index is 12.0. The minimum Gasteiger partial charge on any atom is -0.497 e. The van der Waals surface area contributed by atoms with Gasteiger partial charge in [-0.3, -0.25) is 20.4 Å². The van der Waals surface area contributed by atoms with Crippen molar-refractivity contribution in [3.8, 4) is 11.5 Å². The lowest BCUT2D eigenvalue weighted by molar-refractivity contribution is -0.123. The van der Waals surface area contributed by atoms with Crippen LogP contribution in [-0.2, 0) is 4.79 Å². The van der Waals surface area contributed by atoms with Gasteiger partial charge in [0.25, 0.3) is 5.91 Å². The molecule has 1 aliphatic rings. The van der Waals surface area contributed by atoms with Gasteiger partial charge in [-0.25, -0.2) is 0 Å². The topological polar surface area (TPSA) is 76.7 Å². The predicted octanol–water partition coefficient (Wildman–Crippen LogP) is 1.12. The molecule has 1 saturated carbocycles. The molecule has 2 N–H and O–H groups in total. The molecule has 0 aliphatic heterocycles. The number of hydrazine groups is 1. The van der Waals surface area contributed by atoms with E-state index in [-0.39, 0.29) is 11.8 Å². The van der Waals surface area contributed by atoms with Gasteiger partial charge in [0.1, 0.15) is 11.5 Å². The van der Waals surface area contributed by atoms with Crippen LogP contribution in [-0.4, -0.2) is 26.0 Å². The van der Waals surface area contributed by atoms with E-state index in [1.165, 1.54) is 14.2 Å². The first-order valence-electron chi connectivity index (χ1n) is 6.38. The number of carbonyl (C=O) groups excluding carboxylic acids is 2. The third-order valence-corrected chi connectivity index (χ3v) is 3.36. The molecule has 1 aromatic rings. The molecule has 2 atom stereocenters. The van der Waals surface area contributed by atoms with Gasteiger partial charge in [-0.15, -0.1) is 0 Å². The first kappa shape index (κ1) is 14.2. The minimum absolute atomic E-state index is 0.00939. The lowest BCUT2D eigenvalue weighted by Crippen LogP contribution is -2.42. The summed E-state index contributed by atoms with van der Waals surface area (Å²) in [4.78, 5) is 23.6. The highest BCUT2D eigenvalue weighted by molar-refractivity contribution is 5.96. The van der Waals surface area contributed by atoms with Crippen LogP contribution < -0.4 is 20.3 Å². The standard InChI is InChI=1S/C14H18N2O4/c1-8-4-12(8)14(18)16-15-13(17)9-5-10(19-2)7-11(6-9)20-3/h5-8,12H,4H2,1-3H3,(H,15,17)(H,16,18)/t8-,12+/m0/s1. The number of ether oxygens (including phenoxy) is 2. The molecule has 6 nitrogen and oxygen atoms in total. The van der Waals surface area contributed by atoms with Crippen molar-refractivity contribution < 1.29 is 19.1 Å². The zero-order valence-corrected chi connectivity index (χ0v) is 11.7. The number of hydrogen-bond donors (Lipinski definition) is 2. The molecule has 1 aromatic carbocycles. The van der Waals surface area contributed by atoms with Crippen LogP contribution in [0, 0.1) is 11.8 Å². The smallest absolute Gasteiger partial charge is 0.269 e. The number of carbonyl (C=O) groups is 2. The van der Waals surface area contributed by atoms with Crippen LogP contribution in [0.5, 0.6) is 11.5 Å². The summed E-state index contributed by atoms with van der Waals surface area (Å²) in [5, 5.41) is 0. The molecular formula is C14H18N2O4. The van der Waals surface area contributed by atoms with E-state index in [0.717, 1.165) is 6.42 Å². The van der Waals surface area contributed by atoms with Gasteiger partial charge in [0.2, 0.25) is 5.91 Å². The SMILES string of the molecule is COc1cc(OC)cc(C(=O)NNC(=O)[C@@H]2C[C@@H]2C)c1. The highest BCUT2D eigenvalue weighted by Gasteiger charge is 2.39. The molecule has 1 aliphatic carbocycles. The molecule has 2 amide bonds. The average molecular weight is 278 g/mol. The number of rotatable bonds is 4. The van der Waals surface area contributed by atoms with Crippen molar-refractivity contribution >= 4 is 11.8 Å². The Balaban J connectivity index is 1.99. The Morgan fingerprint density at radius 1 is 1.10 bits per heavy atom. The van der Waals surface area contributed by atoms with Gasteiger partial charge in [0.05, 0.1) is 14.2 Å². The Labute approximate surface area is 117 Å². The van der Waals surface area contributed by atoms with Crippen molar-refractivity contribution in [1.82, 2.24) is 10.9 Å². The first-order valence-corrected chi connectivity index (χ1v) is 6.38. The summed E-state index contributed by atoms with van der Waals surface area (Å²) >= 11 is 0. The van der Waals surface area contributed by atoms with E-state index in [4.69, 9.17) is 9.47 Å². The van der Waals surface area contributed by atoms with Crippen LogP contribution in [0.4, 0.5) is 0 Å². The molecule has 0 unspecified atom stereocenters. The minimum atomic E-state index is -0.413. The highest BCUT2D eigenvalue weighted by Crippen LogP contribution is 2.37. The summed E-state index contributed by atoms with van der Waals surface area (Å²) in [5.41, 5.74) is 5.17. The lowest BCUT2D eigenvalue weighted by atomic mass is 10.2. The third-order valence-electron chi connectivity index (χ3n) is 3.36. The van der Waals surface area contributed by atoms with E-state index < -0.39 is 5.91 Å². The molecule has 0 aromatic heterocycles. The summed E-state index contributed by atoms with van der Waals surface area (Å²) in [6.45, 7) is 2.00. The largest absolute Gasteiger partial charge is 0.497 e. The van der Waals surface area contributed by atoms with Gasteiger partial charge in [-0.2, -0.15) is 0 Å². The zero-order valence-electron chi connectivity index (χ0n) is 11.7. The fraction of sp³-hybridized carbons (Fsp3) is 0.429. The van der Waals surface area contributed by atoms with Crippen LogP contribution in [0.15, 0.2) is 18.2 Å². The molecule has 2 rings (SSSR count). The van der Waals surface area contributed by atoms with Crippen LogP contribution in [0.25, 0.3) is 0 Å². The normalized spacial score (nSPS) is 19.9. The van der Waals surface area contributed by atoms with Crippen molar-refractivity contribution in [2.75, 3.05) is 14.2 Å². The van der Waals surface area contributed by atoms with Crippen molar-refractivity contribution in [3.05, 3.63) is 23.8 Å². The number of nitrogens with one attached hydrogen (secondary N) is 2. The Bertz CT molecular complexity index is 508. The number of benzene rings is 1. The van der Waals surface area contributed by atoms with Gasteiger partial charge in [-0.05, 0) is 24.5 Å².